The molecule has 2 aromatic rings. The molecule has 2 aromatic heterocycles. The van der Waals surface area contributed by atoms with E-state index in [-0.39, 0.29) is 5.60 Å². The Morgan fingerprint density at radius 3 is 3.00 bits per heavy atom. The molecule has 0 amide bonds. The van der Waals surface area contributed by atoms with Crippen molar-refractivity contribution in [3.63, 3.8) is 0 Å². The van der Waals surface area contributed by atoms with Crippen LogP contribution >= 0.6 is 0 Å². The van der Waals surface area contributed by atoms with Crippen LogP contribution in [0.3, 0.4) is 0 Å². The maximum atomic E-state index is 6.16. The fraction of sp³-hybridized carbons (Fsp3) is 0.526. The van der Waals surface area contributed by atoms with E-state index in [4.69, 9.17) is 9.47 Å². The zero-order valence-electron chi connectivity index (χ0n) is 15.3. The van der Waals surface area contributed by atoms with Crippen molar-refractivity contribution in [1.29, 1.82) is 0 Å². The molecule has 1 atom stereocenters. The molecule has 0 saturated carbocycles. The molecular formula is C19H25N5O2. The van der Waals surface area contributed by atoms with Crippen molar-refractivity contribution in [1.82, 2.24) is 15.0 Å². The second-order valence-electron chi connectivity index (χ2n) is 7.21. The van der Waals surface area contributed by atoms with Crippen molar-refractivity contribution in [2.24, 2.45) is 5.92 Å². The molecule has 2 aliphatic heterocycles. The number of ether oxygens (including phenoxy) is 2. The number of pyridine rings is 1. The number of nitrogens with zero attached hydrogens (tertiary/aromatic N) is 5. The van der Waals surface area contributed by atoms with Crippen molar-refractivity contribution >= 4 is 11.6 Å². The summed E-state index contributed by atoms with van der Waals surface area (Å²) >= 11 is 0. The first-order valence-electron chi connectivity index (χ1n) is 9.07. The van der Waals surface area contributed by atoms with Gasteiger partial charge < -0.3 is 19.3 Å². The van der Waals surface area contributed by atoms with Gasteiger partial charge in [0.05, 0.1) is 25.9 Å². The number of rotatable bonds is 6. The normalized spacial score (nSPS) is 20.8. The maximum absolute atomic E-state index is 6.16. The molecule has 2 saturated heterocycles. The third-order valence-electron chi connectivity index (χ3n) is 5.31. The highest BCUT2D eigenvalue weighted by molar-refractivity contribution is 5.52. The zero-order valence-corrected chi connectivity index (χ0v) is 15.3. The van der Waals surface area contributed by atoms with Crippen LogP contribution in [-0.2, 0) is 4.74 Å². The van der Waals surface area contributed by atoms with Crippen molar-refractivity contribution in [2.75, 3.05) is 50.2 Å². The molecule has 7 heteroatoms. The van der Waals surface area contributed by atoms with Gasteiger partial charge in [-0.25, -0.2) is 9.97 Å². The smallest absolute Gasteiger partial charge is 0.137 e. The van der Waals surface area contributed by atoms with Crippen LogP contribution in [0.4, 0.5) is 11.6 Å². The zero-order chi connectivity index (χ0) is 18.0. The Balaban J connectivity index is 1.34. The molecule has 2 aliphatic rings. The topological polar surface area (TPSA) is 63.6 Å². The molecule has 0 radical (unpaired) electrons. The molecule has 0 aliphatic carbocycles. The number of hydrogen-bond acceptors (Lipinski definition) is 7. The van der Waals surface area contributed by atoms with Gasteiger partial charge in [0.2, 0.25) is 0 Å². The van der Waals surface area contributed by atoms with Crippen LogP contribution in [0.5, 0.6) is 5.75 Å². The predicted octanol–water partition coefficient (Wildman–Crippen LogP) is 2.00. The minimum Gasteiger partial charge on any atom is -0.492 e. The first-order chi connectivity index (χ1) is 12.7. The average molecular weight is 355 g/mol. The van der Waals surface area contributed by atoms with Gasteiger partial charge in [0.1, 0.15) is 29.3 Å². The highest BCUT2D eigenvalue weighted by Crippen LogP contribution is 2.43. The van der Waals surface area contributed by atoms with E-state index in [0.717, 1.165) is 49.9 Å². The standard InChI is InChI=1S/C19H25N5O2/c1-23(2)17-10-18(22-14-21-17)24-12-19(13-24)15(6-9-26-19)5-8-25-16-4-3-7-20-11-16/h3-4,7,10-11,14-15H,5-6,8-9,12-13H2,1-2H3/t15-/m1/s1. The van der Waals surface area contributed by atoms with E-state index in [1.165, 1.54) is 0 Å². The second kappa shape index (κ2) is 7.07. The van der Waals surface area contributed by atoms with Crippen LogP contribution in [0.2, 0.25) is 0 Å². The Kier molecular flexibility index (Phi) is 4.63. The Morgan fingerprint density at radius 1 is 1.35 bits per heavy atom. The molecule has 7 nitrogen and oxygen atoms in total. The van der Waals surface area contributed by atoms with E-state index in [2.05, 4.69) is 19.9 Å². The average Bonchev–Trinajstić information content (AvgIpc) is 3.05. The van der Waals surface area contributed by atoms with Gasteiger partial charge in [-0.05, 0) is 30.9 Å². The first kappa shape index (κ1) is 17.0. The Bertz CT molecular complexity index is 734. The molecular weight excluding hydrogens is 330 g/mol. The van der Waals surface area contributed by atoms with Gasteiger partial charge in [-0.1, -0.05) is 0 Å². The lowest BCUT2D eigenvalue weighted by Gasteiger charge is -2.51. The highest BCUT2D eigenvalue weighted by atomic mass is 16.5. The summed E-state index contributed by atoms with van der Waals surface area (Å²) < 4.78 is 12.0. The SMILES string of the molecule is CN(C)c1cc(N2CC3(C2)OCC[C@H]3CCOc2cccnc2)ncn1. The van der Waals surface area contributed by atoms with Gasteiger partial charge in [-0.15, -0.1) is 0 Å². The van der Waals surface area contributed by atoms with Crippen molar-refractivity contribution in [2.45, 2.75) is 18.4 Å². The van der Waals surface area contributed by atoms with E-state index in [0.29, 0.717) is 12.5 Å². The summed E-state index contributed by atoms with van der Waals surface area (Å²) in [5.41, 5.74) is -0.0540. The van der Waals surface area contributed by atoms with Gasteiger partial charge in [0.25, 0.3) is 0 Å². The highest BCUT2D eigenvalue weighted by Gasteiger charge is 2.53. The molecule has 138 valence electrons. The lowest BCUT2D eigenvalue weighted by Crippen LogP contribution is -2.65. The summed E-state index contributed by atoms with van der Waals surface area (Å²) in [5.74, 6) is 3.23. The molecule has 0 unspecified atom stereocenters. The van der Waals surface area contributed by atoms with Crippen molar-refractivity contribution < 1.29 is 9.47 Å². The van der Waals surface area contributed by atoms with Gasteiger partial charge in [-0.3, -0.25) is 4.98 Å². The van der Waals surface area contributed by atoms with Crippen LogP contribution in [-0.4, -0.2) is 61.0 Å². The number of hydrogen-bond donors (Lipinski definition) is 0. The summed E-state index contributed by atoms with van der Waals surface area (Å²) in [6.07, 6.45) is 7.23. The molecule has 0 N–H and O–H groups in total. The van der Waals surface area contributed by atoms with Crippen LogP contribution in [0.25, 0.3) is 0 Å². The van der Waals surface area contributed by atoms with Crippen LogP contribution in [0.1, 0.15) is 12.8 Å². The largest absolute Gasteiger partial charge is 0.492 e. The van der Waals surface area contributed by atoms with Crippen LogP contribution < -0.4 is 14.5 Å². The molecule has 26 heavy (non-hydrogen) atoms. The molecule has 4 heterocycles. The fourth-order valence-corrected chi connectivity index (χ4v) is 3.81. The lowest BCUT2D eigenvalue weighted by molar-refractivity contribution is -0.0477. The van der Waals surface area contributed by atoms with E-state index >= 15 is 0 Å². The lowest BCUT2D eigenvalue weighted by atomic mass is 9.79. The Labute approximate surface area is 154 Å². The molecule has 0 bridgehead atoms. The predicted molar refractivity (Wildman–Crippen MR) is 99.7 cm³/mol. The minimum absolute atomic E-state index is 0.0540. The molecule has 1 spiro atoms. The number of aromatic nitrogens is 3. The third kappa shape index (κ3) is 3.31. The first-order valence-corrected chi connectivity index (χ1v) is 9.07. The molecule has 0 aromatic carbocycles. The maximum Gasteiger partial charge on any atom is 0.137 e. The molecule has 4 rings (SSSR count). The third-order valence-corrected chi connectivity index (χ3v) is 5.31. The number of anilines is 2. The second-order valence-corrected chi connectivity index (χ2v) is 7.21. The van der Waals surface area contributed by atoms with E-state index in [9.17, 15) is 0 Å². The minimum atomic E-state index is -0.0540. The monoisotopic (exact) mass is 355 g/mol. The van der Waals surface area contributed by atoms with E-state index in [1.807, 2.05) is 37.2 Å². The van der Waals surface area contributed by atoms with Gasteiger partial charge >= 0.3 is 0 Å². The van der Waals surface area contributed by atoms with Gasteiger partial charge in [0, 0.05) is 33.0 Å². The summed E-state index contributed by atoms with van der Waals surface area (Å²) in [6.45, 7) is 3.29. The summed E-state index contributed by atoms with van der Waals surface area (Å²) in [6, 6.07) is 5.86. The van der Waals surface area contributed by atoms with Gasteiger partial charge in [0.15, 0.2) is 0 Å². The Hall–Kier alpha value is -2.41. The van der Waals surface area contributed by atoms with E-state index < -0.39 is 0 Å². The summed E-state index contributed by atoms with van der Waals surface area (Å²) in [5, 5.41) is 0. The fourth-order valence-electron chi connectivity index (χ4n) is 3.81. The molecule has 2 fully saturated rings. The van der Waals surface area contributed by atoms with Crippen LogP contribution in [0.15, 0.2) is 36.9 Å². The van der Waals surface area contributed by atoms with Crippen molar-refractivity contribution in [3.05, 3.63) is 36.9 Å². The van der Waals surface area contributed by atoms with E-state index in [1.54, 1.807) is 18.7 Å². The van der Waals surface area contributed by atoms with Gasteiger partial charge in [-0.2, -0.15) is 0 Å². The van der Waals surface area contributed by atoms with Crippen LogP contribution in [0, 0.1) is 5.92 Å². The Morgan fingerprint density at radius 2 is 2.23 bits per heavy atom. The quantitative estimate of drug-likeness (QED) is 0.785. The van der Waals surface area contributed by atoms with Crippen molar-refractivity contribution in [3.8, 4) is 5.75 Å². The summed E-state index contributed by atoms with van der Waals surface area (Å²) in [7, 11) is 3.98. The summed E-state index contributed by atoms with van der Waals surface area (Å²) in [4.78, 5) is 17.1.